The van der Waals surface area contributed by atoms with Crippen LogP contribution in [0.2, 0.25) is 0 Å². The molecule has 0 saturated heterocycles. The van der Waals surface area contributed by atoms with Crippen LogP contribution in [0.25, 0.3) is 0 Å². The van der Waals surface area contributed by atoms with Crippen molar-refractivity contribution >= 4 is 0 Å². The minimum atomic E-state index is 0.855. The van der Waals surface area contributed by atoms with Crippen LogP contribution in [0.15, 0.2) is 97.1 Å². The monoisotopic (exact) mass is 438 g/mol. The van der Waals surface area contributed by atoms with Crippen molar-refractivity contribution in [2.45, 2.75) is 25.7 Å². The highest BCUT2D eigenvalue weighted by Crippen LogP contribution is 2.24. The molecule has 4 aromatic carbocycles. The Labute approximate surface area is 196 Å². The summed E-state index contributed by atoms with van der Waals surface area (Å²) >= 11 is 0. The fraction of sp³-hybridized carbons (Fsp3) is 0.200. The Kier molecular flexibility index (Phi) is 7.65. The van der Waals surface area contributed by atoms with Gasteiger partial charge in [-0.2, -0.15) is 0 Å². The molecule has 0 saturated carbocycles. The fourth-order valence-corrected chi connectivity index (χ4v) is 3.82. The van der Waals surface area contributed by atoms with Crippen LogP contribution in [0.3, 0.4) is 0 Å². The molecule has 3 heteroatoms. The summed E-state index contributed by atoms with van der Waals surface area (Å²) in [6.45, 7) is 0. The van der Waals surface area contributed by atoms with Gasteiger partial charge in [0.05, 0.1) is 14.2 Å². The molecule has 4 aromatic rings. The summed E-state index contributed by atoms with van der Waals surface area (Å²) in [5, 5.41) is 0. The topological polar surface area (TPSA) is 27.7 Å². The molecule has 0 unspecified atom stereocenters. The smallest absolute Gasteiger partial charge is 0.127 e. The zero-order valence-electron chi connectivity index (χ0n) is 19.3. The second-order valence-corrected chi connectivity index (χ2v) is 8.09. The van der Waals surface area contributed by atoms with E-state index in [1.54, 1.807) is 14.2 Å². The van der Waals surface area contributed by atoms with Gasteiger partial charge in [0, 0.05) is 0 Å². The van der Waals surface area contributed by atoms with E-state index in [1.165, 1.54) is 22.3 Å². The lowest BCUT2D eigenvalue weighted by atomic mass is 10.0. The number of aryl methyl sites for hydroxylation is 4. The average Bonchev–Trinajstić information content (AvgIpc) is 2.88. The van der Waals surface area contributed by atoms with Gasteiger partial charge in [0.15, 0.2) is 0 Å². The van der Waals surface area contributed by atoms with Crippen LogP contribution < -0.4 is 14.2 Å². The molecule has 0 aliphatic rings. The van der Waals surface area contributed by atoms with Gasteiger partial charge >= 0.3 is 0 Å². The van der Waals surface area contributed by atoms with Crippen LogP contribution in [0.1, 0.15) is 22.3 Å². The first-order valence-electron chi connectivity index (χ1n) is 11.3. The van der Waals surface area contributed by atoms with E-state index in [0.29, 0.717) is 0 Å². The fourth-order valence-electron chi connectivity index (χ4n) is 3.82. The van der Waals surface area contributed by atoms with E-state index in [0.717, 1.165) is 48.7 Å². The van der Waals surface area contributed by atoms with E-state index in [9.17, 15) is 0 Å². The molecule has 0 fully saturated rings. The van der Waals surface area contributed by atoms with Gasteiger partial charge in [-0.1, -0.05) is 48.5 Å². The molecule has 0 bridgehead atoms. The minimum Gasteiger partial charge on any atom is -0.497 e. The van der Waals surface area contributed by atoms with Gasteiger partial charge in [0.25, 0.3) is 0 Å². The average molecular weight is 439 g/mol. The van der Waals surface area contributed by atoms with Crippen molar-refractivity contribution in [2.24, 2.45) is 0 Å². The minimum absolute atomic E-state index is 0.855. The number of hydrogen-bond donors (Lipinski definition) is 0. The lowest BCUT2D eigenvalue weighted by Gasteiger charge is -2.09. The summed E-state index contributed by atoms with van der Waals surface area (Å²) < 4.78 is 16.7. The van der Waals surface area contributed by atoms with Crippen LogP contribution in [-0.2, 0) is 25.7 Å². The highest BCUT2D eigenvalue weighted by Gasteiger charge is 2.03. The van der Waals surface area contributed by atoms with Gasteiger partial charge in [-0.3, -0.25) is 0 Å². The zero-order chi connectivity index (χ0) is 22.9. The largest absolute Gasteiger partial charge is 0.497 e. The molecule has 33 heavy (non-hydrogen) atoms. The lowest BCUT2D eigenvalue weighted by molar-refractivity contribution is 0.414. The summed E-state index contributed by atoms with van der Waals surface area (Å²) in [6.07, 6.45) is 3.91. The molecule has 0 amide bonds. The Morgan fingerprint density at radius 1 is 0.424 bits per heavy atom. The first-order chi connectivity index (χ1) is 16.2. The van der Waals surface area contributed by atoms with Gasteiger partial charge < -0.3 is 14.2 Å². The van der Waals surface area contributed by atoms with E-state index < -0.39 is 0 Å². The van der Waals surface area contributed by atoms with Crippen LogP contribution in [-0.4, -0.2) is 14.2 Å². The molecule has 0 aliphatic carbocycles. The van der Waals surface area contributed by atoms with E-state index in [1.807, 2.05) is 42.5 Å². The summed E-state index contributed by atoms with van der Waals surface area (Å²) in [5.41, 5.74) is 5.13. The molecular weight excluding hydrogens is 408 g/mol. The van der Waals surface area contributed by atoms with Crippen LogP contribution in [0.4, 0.5) is 0 Å². The standard InChI is InChI=1S/C30H30O3/c1-31-27-17-13-23(14-18-27)9-10-24-15-19-28(20-16-24)33-30-8-4-6-26(22-30)12-11-25-5-3-7-29(21-25)32-2/h3-8,13-22H,9-12H2,1-2H3. The third-order valence-corrected chi connectivity index (χ3v) is 5.76. The van der Waals surface area contributed by atoms with Crippen molar-refractivity contribution in [1.82, 2.24) is 0 Å². The maximum atomic E-state index is 6.12. The second-order valence-electron chi connectivity index (χ2n) is 8.09. The van der Waals surface area contributed by atoms with E-state index in [-0.39, 0.29) is 0 Å². The van der Waals surface area contributed by atoms with E-state index in [4.69, 9.17) is 14.2 Å². The Bertz CT molecular complexity index is 1150. The quantitative estimate of drug-likeness (QED) is 0.265. The third kappa shape index (κ3) is 6.63. The molecule has 0 heterocycles. The van der Waals surface area contributed by atoms with Crippen LogP contribution in [0, 0.1) is 0 Å². The Morgan fingerprint density at radius 3 is 1.42 bits per heavy atom. The number of hydrogen-bond acceptors (Lipinski definition) is 3. The number of benzene rings is 4. The van der Waals surface area contributed by atoms with Crippen molar-refractivity contribution in [3.8, 4) is 23.0 Å². The predicted molar refractivity (Wildman–Crippen MR) is 134 cm³/mol. The Balaban J connectivity index is 1.31. The van der Waals surface area contributed by atoms with Crippen molar-refractivity contribution in [2.75, 3.05) is 14.2 Å². The van der Waals surface area contributed by atoms with E-state index >= 15 is 0 Å². The molecule has 168 valence electrons. The van der Waals surface area contributed by atoms with E-state index in [2.05, 4.69) is 54.6 Å². The number of rotatable bonds is 10. The van der Waals surface area contributed by atoms with Gasteiger partial charge in [0.1, 0.15) is 23.0 Å². The van der Waals surface area contributed by atoms with Crippen molar-refractivity contribution < 1.29 is 14.2 Å². The Hall–Kier alpha value is -3.72. The van der Waals surface area contributed by atoms with Gasteiger partial charge in [-0.05, 0) is 96.5 Å². The first-order valence-corrected chi connectivity index (χ1v) is 11.3. The highest BCUT2D eigenvalue weighted by molar-refractivity contribution is 5.36. The van der Waals surface area contributed by atoms with Crippen molar-refractivity contribution in [1.29, 1.82) is 0 Å². The summed E-state index contributed by atoms with van der Waals surface area (Å²) in [7, 11) is 3.39. The maximum absolute atomic E-state index is 6.12. The van der Waals surface area contributed by atoms with Crippen molar-refractivity contribution in [3.05, 3.63) is 119 Å². The molecule has 0 atom stereocenters. The molecule has 0 radical (unpaired) electrons. The lowest BCUT2D eigenvalue weighted by Crippen LogP contribution is -1.94. The first kappa shape index (κ1) is 22.5. The zero-order valence-corrected chi connectivity index (χ0v) is 19.3. The summed E-state index contributed by atoms with van der Waals surface area (Å²) in [6, 6.07) is 33.2. The summed E-state index contributed by atoms with van der Waals surface area (Å²) in [4.78, 5) is 0. The summed E-state index contributed by atoms with van der Waals surface area (Å²) in [5.74, 6) is 3.51. The van der Waals surface area contributed by atoms with Crippen LogP contribution in [0.5, 0.6) is 23.0 Å². The van der Waals surface area contributed by atoms with Crippen molar-refractivity contribution in [3.63, 3.8) is 0 Å². The maximum Gasteiger partial charge on any atom is 0.127 e. The molecule has 0 N–H and O–H groups in total. The predicted octanol–water partition coefficient (Wildman–Crippen LogP) is 7.07. The van der Waals surface area contributed by atoms with Gasteiger partial charge in [0.2, 0.25) is 0 Å². The third-order valence-electron chi connectivity index (χ3n) is 5.76. The van der Waals surface area contributed by atoms with Gasteiger partial charge in [-0.25, -0.2) is 0 Å². The molecule has 0 spiro atoms. The highest BCUT2D eigenvalue weighted by atomic mass is 16.5. The number of methoxy groups -OCH3 is 2. The molecular formula is C30H30O3. The molecule has 3 nitrogen and oxygen atoms in total. The SMILES string of the molecule is COc1ccc(CCc2ccc(Oc3cccc(CCc4cccc(OC)c4)c3)cc2)cc1. The van der Waals surface area contributed by atoms with Gasteiger partial charge in [-0.15, -0.1) is 0 Å². The number of ether oxygens (including phenoxy) is 3. The Morgan fingerprint density at radius 2 is 0.879 bits per heavy atom. The molecule has 0 aliphatic heterocycles. The molecule has 0 aromatic heterocycles. The molecule has 4 rings (SSSR count). The normalized spacial score (nSPS) is 10.6. The second kappa shape index (κ2) is 11.2. The van der Waals surface area contributed by atoms with Crippen LogP contribution >= 0.6 is 0 Å².